The van der Waals surface area contributed by atoms with E-state index in [9.17, 15) is 9.90 Å². The maximum atomic E-state index is 12.1. The first-order chi connectivity index (χ1) is 18.6. The minimum Gasteiger partial charge on any atom is -0.392 e. The molecule has 39 heavy (non-hydrogen) atoms. The number of carbonyl (C=O) groups is 1. The summed E-state index contributed by atoms with van der Waals surface area (Å²) < 4.78 is 1.95. The zero-order valence-corrected chi connectivity index (χ0v) is 23.6. The molecule has 1 atom stereocenters. The Bertz CT molecular complexity index is 1510. The molecule has 2 aromatic heterocycles. The summed E-state index contributed by atoms with van der Waals surface area (Å²) in [5.41, 5.74) is 7.90. The van der Waals surface area contributed by atoms with Gasteiger partial charge in [-0.15, -0.1) is 0 Å². The van der Waals surface area contributed by atoms with Crippen molar-refractivity contribution < 1.29 is 9.90 Å². The Kier molecular flexibility index (Phi) is 7.41. The van der Waals surface area contributed by atoms with Crippen molar-refractivity contribution in [3.05, 3.63) is 58.6 Å². The number of hydrogen-bond acceptors (Lipinski definition) is 7. The minimum absolute atomic E-state index is 0.291. The van der Waals surface area contributed by atoms with E-state index >= 15 is 0 Å². The molecule has 1 aliphatic rings. The third-order valence-corrected chi connectivity index (χ3v) is 7.90. The van der Waals surface area contributed by atoms with Crippen molar-refractivity contribution in [1.82, 2.24) is 19.5 Å². The van der Waals surface area contributed by atoms with Crippen LogP contribution in [0.2, 0.25) is 10.0 Å². The van der Waals surface area contributed by atoms with Gasteiger partial charge in [0.1, 0.15) is 5.82 Å². The molecule has 0 saturated carbocycles. The van der Waals surface area contributed by atoms with Crippen LogP contribution in [0.5, 0.6) is 0 Å². The van der Waals surface area contributed by atoms with E-state index in [1.807, 2.05) is 72.0 Å². The van der Waals surface area contributed by atoms with Crippen molar-refractivity contribution in [2.75, 3.05) is 36.5 Å². The number of amides is 1. The number of aliphatic hydroxyl groups excluding tert-OH is 1. The summed E-state index contributed by atoms with van der Waals surface area (Å²) in [6, 6.07) is 15.0. The molecule has 1 saturated heterocycles. The number of halogens is 2. The van der Waals surface area contributed by atoms with Crippen molar-refractivity contribution in [2.24, 2.45) is 11.1 Å². The van der Waals surface area contributed by atoms with Gasteiger partial charge in [-0.25, -0.2) is 4.98 Å². The quantitative estimate of drug-likeness (QED) is 0.332. The van der Waals surface area contributed by atoms with E-state index in [1.165, 1.54) is 0 Å². The molecule has 1 amide bonds. The largest absolute Gasteiger partial charge is 0.392 e. The highest BCUT2D eigenvalue weighted by atomic mass is 35.5. The molecule has 0 bridgehead atoms. The summed E-state index contributed by atoms with van der Waals surface area (Å²) in [5.74, 6) is 1.42. The third kappa shape index (κ3) is 5.26. The Labute approximate surface area is 237 Å². The van der Waals surface area contributed by atoms with Gasteiger partial charge in [0.15, 0.2) is 17.0 Å². The van der Waals surface area contributed by atoms with Crippen LogP contribution in [0.15, 0.2) is 48.5 Å². The Balaban J connectivity index is 1.76. The highest BCUT2D eigenvalue weighted by Gasteiger charge is 2.37. The van der Waals surface area contributed by atoms with Gasteiger partial charge in [0.05, 0.1) is 11.1 Å². The van der Waals surface area contributed by atoms with E-state index in [4.69, 9.17) is 43.9 Å². The average molecular weight is 569 g/mol. The lowest BCUT2D eigenvalue weighted by atomic mass is 9.80. The number of likely N-dealkylation sites (N-methyl/N-ethyl adjacent to an activating group) is 1. The highest BCUT2D eigenvalue weighted by molar-refractivity contribution is 6.33. The van der Waals surface area contributed by atoms with Gasteiger partial charge in [-0.3, -0.25) is 9.36 Å². The molecule has 0 spiro atoms. The maximum absolute atomic E-state index is 12.1. The number of nitrogens with zero attached hydrogens (tertiary/aromatic N) is 6. The van der Waals surface area contributed by atoms with Gasteiger partial charge in [0, 0.05) is 48.4 Å². The summed E-state index contributed by atoms with van der Waals surface area (Å²) in [6.07, 6.45) is 0.619. The number of aromatic nitrogens is 4. The molecular weight excluding hydrogens is 537 g/mol. The molecule has 0 radical (unpaired) electrons. The van der Waals surface area contributed by atoms with E-state index in [0.29, 0.717) is 71.3 Å². The van der Waals surface area contributed by atoms with Crippen LogP contribution >= 0.6 is 23.2 Å². The number of primary amides is 1. The molecule has 204 valence electrons. The summed E-state index contributed by atoms with van der Waals surface area (Å²) in [5, 5.41) is 11.2. The number of hydrogen-bond donors (Lipinski definition) is 2. The maximum Gasteiger partial charge on any atom is 0.229 e. The van der Waals surface area contributed by atoms with Crippen LogP contribution in [0.3, 0.4) is 0 Å². The Morgan fingerprint density at radius 3 is 2.38 bits per heavy atom. The fourth-order valence-electron chi connectivity index (χ4n) is 4.92. The van der Waals surface area contributed by atoms with Crippen LogP contribution in [-0.4, -0.2) is 63.3 Å². The first-order valence-electron chi connectivity index (χ1n) is 12.8. The second-order valence-electron chi connectivity index (χ2n) is 10.4. The van der Waals surface area contributed by atoms with Crippen molar-refractivity contribution in [3.8, 4) is 17.1 Å². The molecule has 9 nitrogen and oxygen atoms in total. The molecule has 0 aliphatic carbocycles. The van der Waals surface area contributed by atoms with Crippen LogP contribution in [0.25, 0.3) is 28.2 Å². The van der Waals surface area contributed by atoms with Gasteiger partial charge in [-0.05, 0) is 56.2 Å². The smallest absolute Gasteiger partial charge is 0.229 e. The van der Waals surface area contributed by atoms with Gasteiger partial charge in [-0.1, -0.05) is 42.3 Å². The van der Waals surface area contributed by atoms with E-state index in [0.717, 1.165) is 11.3 Å². The van der Waals surface area contributed by atoms with Crippen LogP contribution in [-0.2, 0) is 4.79 Å². The molecule has 1 aliphatic heterocycles. The van der Waals surface area contributed by atoms with Gasteiger partial charge >= 0.3 is 0 Å². The summed E-state index contributed by atoms with van der Waals surface area (Å²) in [6.45, 7) is 5.14. The van der Waals surface area contributed by atoms with Crippen molar-refractivity contribution in [2.45, 2.75) is 32.8 Å². The first kappa shape index (κ1) is 27.2. The van der Waals surface area contributed by atoms with E-state index in [-0.39, 0.29) is 5.91 Å². The predicted octanol–water partition coefficient (Wildman–Crippen LogP) is 4.70. The van der Waals surface area contributed by atoms with Crippen LogP contribution < -0.4 is 15.5 Å². The lowest BCUT2D eigenvalue weighted by molar-refractivity contribution is -0.127. The first-order valence-corrected chi connectivity index (χ1v) is 13.6. The van der Waals surface area contributed by atoms with Gasteiger partial charge in [0.25, 0.3) is 0 Å². The number of aliphatic hydroxyl groups is 1. The standard InChI is InChI=1S/C28H31Cl2N7O2/c1-17(38)16-35(3)27-33-24(36-14-12-28(2,13-15-36)26(31)39)22-25(34-27)37(19-10-8-18(29)9-11-19)23(32-22)20-6-4-5-7-21(20)30/h4-11,17,38H,12-16H2,1-3H3,(H2,31,39)/t17-/m1/s1. The van der Waals surface area contributed by atoms with Crippen molar-refractivity contribution in [1.29, 1.82) is 0 Å². The molecular formula is C28H31Cl2N7O2. The number of anilines is 2. The summed E-state index contributed by atoms with van der Waals surface area (Å²) in [7, 11) is 1.84. The molecule has 4 aromatic rings. The topological polar surface area (TPSA) is 113 Å². The molecule has 3 N–H and O–H groups in total. The Morgan fingerprint density at radius 2 is 1.77 bits per heavy atom. The fraction of sp³-hybridized carbons (Fsp3) is 0.357. The average Bonchev–Trinajstić information content (AvgIpc) is 3.28. The van der Waals surface area contributed by atoms with Crippen molar-refractivity contribution >= 4 is 52.0 Å². The van der Waals surface area contributed by atoms with E-state index in [2.05, 4.69) is 4.90 Å². The minimum atomic E-state index is -0.580. The number of benzene rings is 2. The predicted molar refractivity (Wildman–Crippen MR) is 156 cm³/mol. The fourth-order valence-corrected chi connectivity index (χ4v) is 5.26. The summed E-state index contributed by atoms with van der Waals surface area (Å²) in [4.78, 5) is 31.0. The number of imidazole rings is 1. The Hall–Kier alpha value is -3.40. The molecule has 1 fully saturated rings. The highest BCUT2D eigenvalue weighted by Crippen LogP contribution is 2.38. The van der Waals surface area contributed by atoms with E-state index < -0.39 is 11.5 Å². The molecule has 11 heteroatoms. The van der Waals surface area contributed by atoms with Crippen LogP contribution in [0, 0.1) is 5.41 Å². The van der Waals surface area contributed by atoms with Gasteiger partial charge in [0.2, 0.25) is 11.9 Å². The van der Waals surface area contributed by atoms with Crippen LogP contribution in [0.4, 0.5) is 11.8 Å². The molecule has 5 rings (SSSR count). The van der Waals surface area contributed by atoms with Crippen LogP contribution in [0.1, 0.15) is 26.7 Å². The summed E-state index contributed by atoms with van der Waals surface area (Å²) >= 11 is 12.9. The number of nitrogens with two attached hydrogens (primary N) is 1. The zero-order valence-electron chi connectivity index (χ0n) is 22.1. The zero-order chi connectivity index (χ0) is 27.9. The SMILES string of the molecule is C[C@@H](O)CN(C)c1nc(N2CCC(C)(C(N)=O)CC2)c2nc(-c3ccccc3Cl)n(-c3ccc(Cl)cc3)c2n1. The van der Waals surface area contributed by atoms with Crippen molar-refractivity contribution in [3.63, 3.8) is 0 Å². The second kappa shape index (κ2) is 10.6. The number of fused-ring (bicyclic) bond motifs is 1. The number of rotatable bonds is 7. The molecule has 3 heterocycles. The number of carbonyl (C=O) groups excluding carboxylic acids is 1. The van der Waals surface area contributed by atoms with Gasteiger partial charge < -0.3 is 20.6 Å². The second-order valence-corrected chi connectivity index (χ2v) is 11.2. The monoisotopic (exact) mass is 567 g/mol. The molecule has 2 aromatic carbocycles. The lowest BCUT2D eigenvalue weighted by Gasteiger charge is -2.38. The number of piperidine rings is 1. The lowest BCUT2D eigenvalue weighted by Crippen LogP contribution is -2.45. The molecule has 0 unspecified atom stereocenters. The normalized spacial score (nSPS) is 15.9. The van der Waals surface area contributed by atoms with Gasteiger partial charge in [-0.2, -0.15) is 9.97 Å². The Morgan fingerprint density at radius 1 is 1.10 bits per heavy atom. The van der Waals surface area contributed by atoms with E-state index in [1.54, 1.807) is 6.92 Å². The third-order valence-electron chi connectivity index (χ3n) is 7.32.